The highest BCUT2D eigenvalue weighted by Gasteiger charge is 2.19. The molecule has 0 heterocycles. The molecule has 1 N–H and O–H groups in total. The Hall–Kier alpha value is -2.75. The molecule has 0 fully saturated rings. The van der Waals surface area contributed by atoms with E-state index in [0.717, 1.165) is 25.3 Å². The lowest BCUT2D eigenvalue weighted by Gasteiger charge is -2.08. The summed E-state index contributed by atoms with van der Waals surface area (Å²) in [7, 11) is 0. The molecule has 0 aromatic heterocycles. The third-order valence-electron chi connectivity index (χ3n) is 5.93. The van der Waals surface area contributed by atoms with Crippen molar-refractivity contribution in [2.24, 2.45) is 0 Å². The van der Waals surface area contributed by atoms with E-state index in [1.807, 2.05) is 0 Å². The first-order valence-electron chi connectivity index (χ1n) is 13.4. The van der Waals surface area contributed by atoms with Crippen LogP contribution in [0.15, 0.2) is 18.2 Å². The number of non-ortho nitro benzene ring substituents is 1. The van der Waals surface area contributed by atoms with Gasteiger partial charge in [-0.3, -0.25) is 25.0 Å². The molecule has 0 radical (unpaired) electrons. The average Bonchev–Trinajstić information content (AvgIpc) is 2.86. The molecule has 204 valence electrons. The van der Waals surface area contributed by atoms with E-state index in [-0.39, 0.29) is 49.4 Å². The first-order valence-corrected chi connectivity index (χ1v) is 13.4. The van der Waals surface area contributed by atoms with E-state index in [1.165, 1.54) is 76.3 Å². The number of rotatable bonds is 23. The molecule has 0 unspecified atom stereocenters. The number of carbonyl (C=O) groups is 1. The van der Waals surface area contributed by atoms with Crippen molar-refractivity contribution >= 4 is 23.0 Å². The SMILES string of the molecule is CCCCCCCCCCCCCCCC(=O)OCCOCCNc1ccc([N+](=O)[O-])cc1[N+](=O)[O-]. The number of unbranched alkanes of at least 4 members (excludes halogenated alkanes) is 12. The molecule has 10 nitrogen and oxygen atoms in total. The number of esters is 1. The minimum atomic E-state index is -0.681. The fraction of sp³-hybridized carbons (Fsp3) is 0.731. The molecule has 1 rings (SSSR count). The van der Waals surface area contributed by atoms with E-state index in [9.17, 15) is 25.0 Å². The second-order valence-electron chi connectivity index (χ2n) is 8.97. The first kappa shape index (κ1) is 31.3. The third-order valence-corrected chi connectivity index (χ3v) is 5.93. The second kappa shape index (κ2) is 20.4. The fourth-order valence-electron chi connectivity index (χ4n) is 3.87. The number of hydrogen-bond acceptors (Lipinski definition) is 8. The molecule has 1 aromatic rings. The van der Waals surface area contributed by atoms with Crippen molar-refractivity contribution in [3.63, 3.8) is 0 Å². The van der Waals surface area contributed by atoms with Gasteiger partial charge in [0.15, 0.2) is 0 Å². The molecular weight excluding hydrogens is 466 g/mol. The highest BCUT2D eigenvalue weighted by Crippen LogP contribution is 2.28. The van der Waals surface area contributed by atoms with Crippen LogP contribution in [0.4, 0.5) is 17.1 Å². The minimum Gasteiger partial charge on any atom is -0.463 e. The van der Waals surface area contributed by atoms with Crippen LogP contribution >= 0.6 is 0 Å². The summed E-state index contributed by atoms with van der Waals surface area (Å²) in [5.41, 5.74) is -0.533. The lowest BCUT2D eigenvalue weighted by atomic mass is 10.0. The number of nitro groups is 2. The van der Waals surface area contributed by atoms with Gasteiger partial charge in [0.1, 0.15) is 12.3 Å². The van der Waals surface area contributed by atoms with Crippen molar-refractivity contribution in [1.29, 1.82) is 0 Å². The Balaban J connectivity index is 1.96. The number of anilines is 1. The zero-order chi connectivity index (χ0) is 26.4. The smallest absolute Gasteiger partial charge is 0.305 e. The molecule has 0 spiro atoms. The minimum absolute atomic E-state index is 0.162. The molecule has 0 saturated carbocycles. The van der Waals surface area contributed by atoms with Crippen LogP contribution in [-0.2, 0) is 14.3 Å². The topological polar surface area (TPSA) is 134 Å². The Labute approximate surface area is 214 Å². The maximum absolute atomic E-state index is 11.8. The van der Waals surface area contributed by atoms with E-state index in [0.29, 0.717) is 6.42 Å². The van der Waals surface area contributed by atoms with Crippen LogP contribution in [0, 0.1) is 20.2 Å². The predicted molar refractivity (Wildman–Crippen MR) is 140 cm³/mol. The molecule has 36 heavy (non-hydrogen) atoms. The summed E-state index contributed by atoms with van der Waals surface area (Å²) in [4.78, 5) is 32.3. The number of ether oxygens (including phenoxy) is 2. The van der Waals surface area contributed by atoms with Crippen LogP contribution in [0.1, 0.15) is 96.8 Å². The molecule has 0 aliphatic heterocycles. The van der Waals surface area contributed by atoms with Gasteiger partial charge in [-0.15, -0.1) is 0 Å². The van der Waals surface area contributed by atoms with Crippen LogP contribution < -0.4 is 5.32 Å². The van der Waals surface area contributed by atoms with Gasteiger partial charge in [-0.05, 0) is 12.5 Å². The summed E-state index contributed by atoms with van der Waals surface area (Å²) in [6.45, 7) is 3.15. The fourth-order valence-corrected chi connectivity index (χ4v) is 3.87. The summed E-state index contributed by atoms with van der Waals surface area (Å²) >= 11 is 0. The molecular formula is C26H43N3O7. The number of nitro benzene ring substituents is 2. The molecule has 0 bridgehead atoms. The van der Waals surface area contributed by atoms with E-state index in [4.69, 9.17) is 9.47 Å². The Morgan fingerprint density at radius 3 is 1.94 bits per heavy atom. The highest BCUT2D eigenvalue weighted by molar-refractivity contribution is 5.69. The van der Waals surface area contributed by atoms with Gasteiger partial charge in [0, 0.05) is 19.0 Å². The van der Waals surface area contributed by atoms with Crippen molar-refractivity contribution in [1.82, 2.24) is 0 Å². The van der Waals surface area contributed by atoms with Gasteiger partial charge in [-0.25, -0.2) is 0 Å². The number of benzene rings is 1. The zero-order valence-electron chi connectivity index (χ0n) is 21.7. The summed E-state index contributed by atoms with van der Waals surface area (Å²) < 4.78 is 10.5. The molecule has 0 amide bonds. The summed E-state index contributed by atoms with van der Waals surface area (Å²) in [5.74, 6) is -0.221. The monoisotopic (exact) mass is 509 g/mol. The van der Waals surface area contributed by atoms with Gasteiger partial charge in [0.2, 0.25) is 0 Å². The van der Waals surface area contributed by atoms with Crippen molar-refractivity contribution in [3.8, 4) is 0 Å². The van der Waals surface area contributed by atoms with Crippen LogP contribution in [0.5, 0.6) is 0 Å². The number of hydrogen-bond donors (Lipinski definition) is 1. The van der Waals surface area contributed by atoms with Gasteiger partial charge in [-0.2, -0.15) is 0 Å². The van der Waals surface area contributed by atoms with E-state index >= 15 is 0 Å². The Bertz CT molecular complexity index is 774. The summed E-state index contributed by atoms with van der Waals surface area (Å²) in [6, 6.07) is 3.42. The van der Waals surface area contributed by atoms with Crippen LogP contribution in [-0.4, -0.2) is 42.2 Å². The van der Waals surface area contributed by atoms with Gasteiger partial charge >= 0.3 is 5.97 Å². The normalized spacial score (nSPS) is 10.8. The second-order valence-corrected chi connectivity index (χ2v) is 8.97. The number of nitrogens with zero attached hydrogens (tertiary/aromatic N) is 2. The molecule has 0 aliphatic carbocycles. The lowest BCUT2D eigenvalue weighted by Crippen LogP contribution is -2.15. The summed E-state index contributed by atoms with van der Waals surface area (Å²) in [5, 5.41) is 24.7. The van der Waals surface area contributed by atoms with E-state index in [2.05, 4.69) is 12.2 Å². The lowest BCUT2D eigenvalue weighted by molar-refractivity contribution is -0.393. The summed E-state index contributed by atoms with van der Waals surface area (Å²) in [6.07, 6.45) is 16.8. The largest absolute Gasteiger partial charge is 0.463 e. The molecule has 0 aliphatic rings. The van der Waals surface area contributed by atoms with Crippen molar-refractivity contribution in [2.45, 2.75) is 96.8 Å². The van der Waals surface area contributed by atoms with Crippen LogP contribution in [0.25, 0.3) is 0 Å². The Kier molecular flexibility index (Phi) is 17.8. The Morgan fingerprint density at radius 2 is 1.39 bits per heavy atom. The number of carbonyl (C=O) groups excluding carboxylic acids is 1. The average molecular weight is 510 g/mol. The van der Waals surface area contributed by atoms with Gasteiger partial charge in [-0.1, -0.05) is 84.0 Å². The maximum atomic E-state index is 11.8. The van der Waals surface area contributed by atoms with Gasteiger partial charge in [0.05, 0.1) is 29.1 Å². The molecule has 1 aromatic carbocycles. The Morgan fingerprint density at radius 1 is 0.806 bits per heavy atom. The van der Waals surface area contributed by atoms with Crippen LogP contribution in [0.3, 0.4) is 0 Å². The van der Waals surface area contributed by atoms with E-state index < -0.39 is 9.85 Å². The van der Waals surface area contributed by atoms with Crippen molar-refractivity contribution in [3.05, 3.63) is 38.4 Å². The standard InChI is InChI=1S/C26H43N3O7/c1-2-3-4-5-6-7-8-9-10-11-12-13-14-15-26(30)36-21-20-35-19-18-27-24-17-16-23(28(31)32)22-25(24)29(33)34/h16-17,22,27H,2-15,18-21H2,1H3. The first-order chi connectivity index (χ1) is 17.5. The third kappa shape index (κ3) is 15.3. The van der Waals surface area contributed by atoms with Crippen LogP contribution in [0.2, 0.25) is 0 Å². The highest BCUT2D eigenvalue weighted by atomic mass is 16.6. The quantitative estimate of drug-likeness (QED) is 0.0724. The molecule has 0 saturated heterocycles. The molecule has 0 atom stereocenters. The van der Waals surface area contributed by atoms with Gasteiger partial charge < -0.3 is 14.8 Å². The van der Waals surface area contributed by atoms with Crippen molar-refractivity contribution in [2.75, 3.05) is 31.7 Å². The zero-order valence-corrected chi connectivity index (χ0v) is 21.7. The number of nitrogens with one attached hydrogen (secondary N) is 1. The molecule has 10 heteroatoms. The van der Waals surface area contributed by atoms with Gasteiger partial charge in [0.25, 0.3) is 11.4 Å². The maximum Gasteiger partial charge on any atom is 0.305 e. The predicted octanol–water partition coefficient (Wildman–Crippen LogP) is 6.96. The van der Waals surface area contributed by atoms with Crippen molar-refractivity contribution < 1.29 is 24.1 Å². The van der Waals surface area contributed by atoms with E-state index in [1.54, 1.807) is 0 Å².